The predicted octanol–water partition coefficient (Wildman–Crippen LogP) is 0.739. The van der Waals surface area contributed by atoms with Gasteiger partial charge in [-0.2, -0.15) is 0 Å². The van der Waals surface area contributed by atoms with Crippen molar-refractivity contribution in [3.05, 3.63) is 11.9 Å². The maximum Gasteiger partial charge on any atom is 0.108 e. The Morgan fingerprint density at radius 2 is 2.60 bits per heavy atom. The SMILES string of the molecule is CCOCc1cn([C@H]2CCCNC2)nn1. The molecule has 1 aliphatic rings. The number of nitrogens with zero attached hydrogens (tertiary/aromatic N) is 3. The molecule has 1 N–H and O–H groups in total. The molecule has 1 atom stereocenters. The Kier molecular flexibility index (Phi) is 3.69. The minimum atomic E-state index is 0.460. The van der Waals surface area contributed by atoms with Crippen LogP contribution >= 0.6 is 0 Å². The molecule has 0 bridgehead atoms. The Labute approximate surface area is 89.8 Å². The molecule has 5 heteroatoms. The molecule has 0 radical (unpaired) electrons. The van der Waals surface area contributed by atoms with Gasteiger partial charge >= 0.3 is 0 Å². The van der Waals surface area contributed by atoms with Gasteiger partial charge in [-0.3, -0.25) is 0 Å². The molecule has 1 aromatic rings. The molecule has 2 rings (SSSR count). The van der Waals surface area contributed by atoms with Crippen molar-refractivity contribution < 1.29 is 4.74 Å². The van der Waals surface area contributed by atoms with Crippen LogP contribution in [0.15, 0.2) is 6.20 Å². The Morgan fingerprint density at radius 1 is 1.67 bits per heavy atom. The molecule has 1 fully saturated rings. The summed E-state index contributed by atoms with van der Waals surface area (Å²) in [5.41, 5.74) is 0.919. The molecule has 0 spiro atoms. The molecule has 0 unspecified atom stereocenters. The van der Waals surface area contributed by atoms with E-state index in [9.17, 15) is 0 Å². The number of ether oxygens (including phenoxy) is 1. The summed E-state index contributed by atoms with van der Waals surface area (Å²) in [7, 11) is 0. The van der Waals surface area contributed by atoms with E-state index in [0.29, 0.717) is 12.6 Å². The van der Waals surface area contributed by atoms with Gasteiger partial charge in [-0.05, 0) is 26.3 Å². The van der Waals surface area contributed by atoms with E-state index < -0.39 is 0 Å². The third-order valence-corrected chi connectivity index (χ3v) is 2.66. The van der Waals surface area contributed by atoms with Crippen LogP contribution in [-0.4, -0.2) is 34.7 Å². The largest absolute Gasteiger partial charge is 0.375 e. The van der Waals surface area contributed by atoms with Gasteiger partial charge in [-0.15, -0.1) is 5.10 Å². The summed E-state index contributed by atoms with van der Waals surface area (Å²) in [6, 6.07) is 0.460. The maximum absolute atomic E-state index is 5.29. The van der Waals surface area contributed by atoms with E-state index >= 15 is 0 Å². The summed E-state index contributed by atoms with van der Waals surface area (Å²) in [5, 5.41) is 11.6. The van der Waals surface area contributed by atoms with Crippen LogP contribution in [0.4, 0.5) is 0 Å². The fourth-order valence-corrected chi connectivity index (χ4v) is 1.82. The van der Waals surface area contributed by atoms with Crippen LogP contribution in [0.5, 0.6) is 0 Å². The van der Waals surface area contributed by atoms with Crippen molar-refractivity contribution in [2.45, 2.75) is 32.4 Å². The van der Waals surface area contributed by atoms with Gasteiger partial charge in [0, 0.05) is 13.2 Å². The normalized spacial score (nSPS) is 21.8. The molecule has 1 saturated heterocycles. The summed E-state index contributed by atoms with van der Waals surface area (Å²) in [5.74, 6) is 0. The van der Waals surface area contributed by atoms with E-state index in [2.05, 4.69) is 15.6 Å². The highest BCUT2D eigenvalue weighted by molar-refractivity contribution is 4.92. The van der Waals surface area contributed by atoms with Crippen LogP contribution in [0.2, 0.25) is 0 Å². The zero-order valence-electron chi connectivity index (χ0n) is 9.15. The number of rotatable bonds is 4. The second-order valence-corrected chi connectivity index (χ2v) is 3.83. The summed E-state index contributed by atoms with van der Waals surface area (Å²) in [6.07, 6.45) is 4.39. The van der Waals surface area contributed by atoms with Crippen LogP contribution in [-0.2, 0) is 11.3 Å². The van der Waals surface area contributed by atoms with Crippen molar-refractivity contribution in [1.82, 2.24) is 20.3 Å². The number of nitrogens with one attached hydrogen (secondary N) is 1. The number of hydrogen-bond acceptors (Lipinski definition) is 4. The third-order valence-electron chi connectivity index (χ3n) is 2.66. The highest BCUT2D eigenvalue weighted by Crippen LogP contribution is 2.15. The van der Waals surface area contributed by atoms with Gasteiger partial charge in [0.2, 0.25) is 0 Å². The van der Waals surface area contributed by atoms with Crippen molar-refractivity contribution in [1.29, 1.82) is 0 Å². The summed E-state index contributed by atoms with van der Waals surface area (Å²) in [4.78, 5) is 0. The van der Waals surface area contributed by atoms with Crippen LogP contribution < -0.4 is 5.32 Å². The lowest BCUT2D eigenvalue weighted by molar-refractivity contribution is 0.131. The molecule has 2 heterocycles. The summed E-state index contributed by atoms with van der Waals surface area (Å²) >= 11 is 0. The van der Waals surface area contributed by atoms with E-state index in [1.54, 1.807) is 0 Å². The zero-order valence-corrected chi connectivity index (χ0v) is 9.15. The molecule has 0 amide bonds. The van der Waals surface area contributed by atoms with Gasteiger partial charge in [0.15, 0.2) is 0 Å². The number of piperidine rings is 1. The molecular weight excluding hydrogens is 192 g/mol. The van der Waals surface area contributed by atoms with Crippen molar-refractivity contribution in [3.63, 3.8) is 0 Å². The van der Waals surface area contributed by atoms with Gasteiger partial charge in [-0.25, -0.2) is 4.68 Å². The van der Waals surface area contributed by atoms with Gasteiger partial charge in [0.1, 0.15) is 5.69 Å². The number of aromatic nitrogens is 3. The van der Waals surface area contributed by atoms with Crippen LogP contribution in [0.3, 0.4) is 0 Å². The van der Waals surface area contributed by atoms with Crippen molar-refractivity contribution in [2.75, 3.05) is 19.7 Å². The van der Waals surface area contributed by atoms with E-state index in [1.807, 2.05) is 17.8 Å². The molecule has 0 aromatic carbocycles. The monoisotopic (exact) mass is 210 g/mol. The first-order valence-corrected chi connectivity index (χ1v) is 5.59. The highest BCUT2D eigenvalue weighted by atomic mass is 16.5. The number of hydrogen-bond donors (Lipinski definition) is 1. The molecule has 1 aliphatic heterocycles. The van der Waals surface area contributed by atoms with Gasteiger partial charge in [0.25, 0.3) is 0 Å². The van der Waals surface area contributed by atoms with Crippen LogP contribution in [0.25, 0.3) is 0 Å². The van der Waals surface area contributed by atoms with E-state index in [0.717, 1.165) is 25.4 Å². The second kappa shape index (κ2) is 5.23. The van der Waals surface area contributed by atoms with E-state index in [4.69, 9.17) is 4.74 Å². The molecular formula is C10H18N4O. The molecule has 1 aromatic heterocycles. The molecule has 0 aliphatic carbocycles. The minimum absolute atomic E-state index is 0.460. The lowest BCUT2D eigenvalue weighted by Crippen LogP contribution is -2.31. The first-order chi connectivity index (χ1) is 7.40. The lowest BCUT2D eigenvalue weighted by Gasteiger charge is -2.22. The highest BCUT2D eigenvalue weighted by Gasteiger charge is 2.16. The summed E-state index contributed by atoms with van der Waals surface area (Å²) in [6.45, 7) is 5.39. The minimum Gasteiger partial charge on any atom is -0.375 e. The lowest BCUT2D eigenvalue weighted by atomic mass is 10.1. The first-order valence-electron chi connectivity index (χ1n) is 5.59. The Hall–Kier alpha value is -0.940. The Balaban J connectivity index is 1.93. The average Bonchev–Trinajstić information content (AvgIpc) is 2.76. The van der Waals surface area contributed by atoms with Crippen LogP contribution in [0, 0.1) is 0 Å². The predicted molar refractivity (Wildman–Crippen MR) is 56.5 cm³/mol. The van der Waals surface area contributed by atoms with Crippen molar-refractivity contribution >= 4 is 0 Å². The smallest absolute Gasteiger partial charge is 0.108 e. The van der Waals surface area contributed by atoms with E-state index in [-0.39, 0.29) is 0 Å². The molecule has 84 valence electrons. The van der Waals surface area contributed by atoms with Gasteiger partial charge in [0.05, 0.1) is 18.8 Å². The Bertz CT molecular complexity index is 293. The fourth-order valence-electron chi connectivity index (χ4n) is 1.82. The molecule has 5 nitrogen and oxygen atoms in total. The van der Waals surface area contributed by atoms with Crippen molar-refractivity contribution in [2.24, 2.45) is 0 Å². The van der Waals surface area contributed by atoms with Gasteiger partial charge < -0.3 is 10.1 Å². The average molecular weight is 210 g/mol. The van der Waals surface area contributed by atoms with Crippen LogP contribution in [0.1, 0.15) is 31.5 Å². The molecule has 15 heavy (non-hydrogen) atoms. The molecule has 0 saturated carbocycles. The second-order valence-electron chi connectivity index (χ2n) is 3.83. The first kappa shape index (κ1) is 10.6. The van der Waals surface area contributed by atoms with E-state index in [1.165, 1.54) is 12.8 Å². The van der Waals surface area contributed by atoms with Crippen molar-refractivity contribution in [3.8, 4) is 0 Å². The quantitative estimate of drug-likeness (QED) is 0.796. The topological polar surface area (TPSA) is 52.0 Å². The Morgan fingerprint density at radius 3 is 3.33 bits per heavy atom. The van der Waals surface area contributed by atoms with Gasteiger partial charge in [-0.1, -0.05) is 5.21 Å². The standard InChI is InChI=1S/C10H18N4O/c1-2-15-8-9-7-14(13-12-9)10-4-3-5-11-6-10/h7,10-11H,2-6,8H2,1H3/t10-/m0/s1. The summed E-state index contributed by atoms with van der Waals surface area (Å²) < 4.78 is 7.25. The zero-order chi connectivity index (χ0) is 10.5. The fraction of sp³-hybridized carbons (Fsp3) is 0.800. The third kappa shape index (κ3) is 2.76. The maximum atomic E-state index is 5.29.